The Bertz CT molecular complexity index is 474. The van der Waals surface area contributed by atoms with E-state index in [1.807, 2.05) is 26.0 Å². The van der Waals surface area contributed by atoms with Gasteiger partial charge in [-0.25, -0.2) is 0 Å². The van der Waals surface area contributed by atoms with Gasteiger partial charge in [0.15, 0.2) is 6.10 Å². The van der Waals surface area contributed by atoms with Crippen LogP contribution in [-0.2, 0) is 4.79 Å². The number of rotatable bonds is 4. The van der Waals surface area contributed by atoms with Crippen molar-refractivity contribution in [1.29, 1.82) is 0 Å². The van der Waals surface area contributed by atoms with Gasteiger partial charge in [-0.1, -0.05) is 19.9 Å². The van der Waals surface area contributed by atoms with Crippen molar-refractivity contribution in [2.45, 2.75) is 26.4 Å². The summed E-state index contributed by atoms with van der Waals surface area (Å²) in [5.74, 6) is 0.629. The van der Waals surface area contributed by atoms with Crippen LogP contribution >= 0.6 is 0 Å². The molecule has 1 amide bonds. The molecule has 5 nitrogen and oxygen atoms in total. The number of fused-ring (bicyclic) bond motifs is 1. The van der Waals surface area contributed by atoms with E-state index >= 15 is 0 Å². The first-order chi connectivity index (χ1) is 9.06. The van der Waals surface area contributed by atoms with Crippen molar-refractivity contribution in [3.63, 3.8) is 0 Å². The summed E-state index contributed by atoms with van der Waals surface area (Å²) in [5.41, 5.74) is 7.09. The summed E-state index contributed by atoms with van der Waals surface area (Å²) in [4.78, 5) is 14.1. The van der Waals surface area contributed by atoms with Crippen LogP contribution in [0.4, 0.5) is 11.4 Å². The number of nitrogen functional groups attached to an aromatic ring is 1. The lowest BCUT2D eigenvalue weighted by atomic mass is 10.0. The van der Waals surface area contributed by atoms with Gasteiger partial charge >= 0.3 is 0 Å². The van der Waals surface area contributed by atoms with Crippen molar-refractivity contribution in [2.24, 2.45) is 5.92 Å². The van der Waals surface area contributed by atoms with E-state index in [1.54, 1.807) is 11.0 Å². The largest absolute Gasteiger partial charge is 0.478 e. The molecule has 0 aromatic heterocycles. The molecule has 0 saturated carbocycles. The van der Waals surface area contributed by atoms with Gasteiger partial charge in [0.25, 0.3) is 5.91 Å². The summed E-state index contributed by atoms with van der Waals surface area (Å²) >= 11 is 0. The highest BCUT2D eigenvalue weighted by Gasteiger charge is 2.36. The fourth-order valence-corrected chi connectivity index (χ4v) is 2.25. The van der Waals surface area contributed by atoms with Gasteiger partial charge in [-0.2, -0.15) is 0 Å². The summed E-state index contributed by atoms with van der Waals surface area (Å²) in [7, 11) is 0. The Labute approximate surface area is 113 Å². The van der Waals surface area contributed by atoms with E-state index in [2.05, 4.69) is 0 Å². The van der Waals surface area contributed by atoms with E-state index in [0.29, 0.717) is 30.1 Å². The Morgan fingerprint density at radius 3 is 2.84 bits per heavy atom. The number of anilines is 2. The summed E-state index contributed by atoms with van der Waals surface area (Å²) in [6.07, 6.45) is 0.0256. The van der Waals surface area contributed by atoms with Crippen molar-refractivity contribution in [3.8, 4) is 5.75 Å². The Balaban J connectivity index is 2.41. The second kappa shape index (κ2) is 5.48. The lowest BCUT2D eigenvalue weighted by Crippen LogP contribution is -2.49. The molecular weight excluding hydrogens is 244 g/mol. The van der Waals surface area contributed by atoms with E-state index in [0.717, 1.165) is 0 Å². The molecule has 1 atom stereocenters. The molecule has 2 rings (SSSR count). The molecule has 1 aromatic carbocycles. The minimum absolute atomic E-state index is 0.0407. The van der Waals surface area contributed by atoms with Gasteiger partial charge in [-0.3, -0.25) is 4.79 Å². The van der Waals surface area contributed by atoms with E-state index in [4.69, 9.17) is 15.6 Å². The number of hydrogen-bond acceptors (Lipinski definition) is 4. The molecule has 1 aliphatic heterocycles. The van der Waals surface area contributed by atoms with Crippen molar-refractivity contribution in [2.75, 3.05) is 23.8 Å². The molecule has 19 heavy (non-hydrogen) atoms. The Morgan fingerprint density at radius 2 is 2.21 bits per heavy atom. The van der Waals surface area contributed by atoms with Gasteiger partial charge in [0.05, 0.1) is 5.69 Å². The lowest BCUT2D eigenvalue weighted by molar-refractivity contribution is -0.128. The maximum atomic E-state index is 12.5. The molecule has 1 heterocycles. The third-order valence-electron chi connectivity index (χ3n) is 3.21. The second-order valence-electron chi connectivity index (χ2n) is 5.04. The summed E-state index contributed by atoms with van der Waals surface area (Å²) in [6, 6.07) is 5.38. The Morgan fingerprint density at radius 1 is 1.47 bits per heavy atom. The predicted molar refractivity (Wildman–Crippen MR) is 74.2 cm³/mol. The number of nitrogens with two attached hydrogens (primary N) is 1. The predicted octanol–water partition coefficient (Wildman–Crippen LogP) is 1.40. The van der Waals surface area contributed by atoms with Crippen LogP contribution < -0.4 is 15.4 Å². The summed E-state index contributed by atoms with van der Waals surface area (Å²) in [5, 5.41) is 8.98. The molecule has 0 saturated heterocycles. The van der Waals surface area contributed by atoms with Crippen LogP contribution in [-0.4, -0.2) is 30.3 Å². The van der Waals surface area contributed by atoms with Crippen LogP contribution in [0.1, 0.15) is 20.3 Å². The summed E-state index contributed by atoms with van der Waals surface area (Å²) < 4.78 is 5.76. The number of nitrogens with zero attached hydrogens (tertiary/aromatic N) is 1. The fraction of sp³-hybridized carbons (Fsp3) is 0.500. The number of ether oxygens (including phenoxy) is 1. The lowest BCUT2D eigenvalue weighted by Gasteiger charge is -2.36. The van der Waals surface area contributed by atoms with Crippen LogP contribution in [0.15, 0.2) is 18.2 Å². The maximum absolute atomic E-state index is 12.5. The third-order valence-corrected chi connectivity index (χ3v) is 3.21. The number of aliphatic hydroxyl groups is 1. The van der Waals surface area contributed by atoms with Crippen LogP contribution in [0.2, 0.25) is 0 Å². The zero-order chi connectivity index (χ0) is 14.0. The SMILES string of the molecule is CC(C)C1Oc2cccc(N)c2N(CCCO)C1=O. The standard InChI is InChI=1S/C14H20N2O3/c1-9(2)13-14(18)16(7-4-8-17)12-10(15)5-3-6-11(12)19-13/h3,5-6,9,13,17H,4,7-8,15H2,1-2H3. The van der Waals surface area contributed by atoms with Gasteiger partial charge in [0, 0.05) is 13.2 Å². The number of amides is 1. The number of carbonyl (C=O) groups is 1. The zero-order valence-corrected chi connectivity index (χ0v) is 11.3. The topological polar surface area (TPSA) is 75.8 Å². The number of aliphatic hydroxyl groups excluding tert-OH is 1. The molecule has 0 aliphatic carbocycles. The highest BCUT2D eigenvalue weighted by atomic mass is 16.5. The smallest absolute Gasteiger partial charge is 0.268 e. The summed E-state index contributed by atoms with van der Waals surface area (Å²) in [6.45, 7) is 4.39. The Kier molecular flexibility index (Phi) is 3.95. The minimum atomic E-state index is -0.493. The number of benzene rings is 1. The molecule has 0 spiro atoms. The number of carbonyl (C=O) groups excluding carboxylic acids is 1. The first kappa shape index (κ1) is 13.7. The average Bonchev–Trinajstić information content (AvgIpc) is 2.37. The molecule has 3 N–H and O–H groups in total. The van der Waals surface area contributed by atoms with E-state index in [1.165, 1.54) is 0 Å². The molecule has 0 fully saturated rings. The van der Waals surface area contributed by atoms with Crippen molar-refractivity contribution >= 4 is 17.3 Å². The van der Waals surface area contributed by atoms with Crippen molar-refractivity contribution < 1.29 is 14.6 Å². The quantitative estimate of drug-likeness (QED) is 0.806. The monoisotopic (exact) mass is 264 g/mol. The van der Waals surface area contributed by atoms with Gasteiger partial charge in [0.2, 0.25) is 0 Å². The first-order valence-corrected chi connectivity index (χ1v) is 6.53. The van der Waals surface area contributed by atoms with Gasteiger partial charge in [0.1, 0.15) is 11.4 Å². The Hall–Kier alpha value is -1.75. The molecular formula is C14H20N2O3. The van der Waals surface area contributed by atoms with Gasteiger partial charge in [-0.15, -0.1) is 0 Å². The van der Waals surface area contributed by atoms with E-state index < -0.39 is 6.10 Å². The van der Waals surface area contributed by atoms with Gasteiger partial charge in [-0.05, 0) is 24.5 Å². The molecule has 0 radical (unpaired) electrons. The average molecular weight is 264 g/mol. The highest BCUT2D eigenvalue weighted by molar-refractivity contribution is 6.03. The fourth-order valence-electron chi connectivity index (χ4n) is 2.25. The van der Waals surface area contributed by atoms with E-state index in [-0.39, 0.29) is 18.4 Å². The zero-order valence-electron chi connectivity index (χ0n) is 11.3. The van der Waals surface area contributed by atoms with Crippen LogP contribution in [0.5, 0.6) is 5.75 Å². The van der Waals surface area contributed by atoms with Crippen LogP contribution in [0, 0.1) is 5.92 Å². The van der Waals surface area contributed by atoms with Gasteiger partial charge < -0.3 is 20.5 Å². The van der Waals surface area contributed by atoms with Crippen LogP contribution in [0.3, 0.4) is 0 Å². The van der Waals surface area contributed by atoms with Crippen LogP contribution in [0.25, 0.3) is 0 Å². The van der Waals surface area contributed by atoms with E-state index in [9.17, 15) is 4.79 Å². The normalized spacial score (nSPS) is 18.4. The molecule has 104 valence electrons. The molecule has 5 heteroatoms. The first-order valence-electron chi connectivity index (χ1n) is 6.53. The van der Waals surface area contributed by atoms with Crippen molar-refractivity contribution in [1.82, 2.24) is 0 Å². The minimum Gasteiger partial charge on any atom is -0.478 e. The van der Waals surface area contributed by atoms with Crippen molar-refractivity contribution in [3.05, 3.63) is 18.2 Å². The molecule has 1 aliphatic rings. The number of hydrogen-bond donors (Lipinski definition) is 2. The third kappa shape index (κ3) is 2.51. The number of para-hydroxylation sites is 1. The maximum Gasteiger partial charge on any atom is 0.268 e. The molecule has 1 aromatic rings. The highest BCUT2D eigenvalue weighted by Crippen LogP contribution is 2.39. The molecule has 0 bridgehead atoms. The molecule has 1 unspecified atom stereocenters. The second-order valence-corrected chi connectivity index (χ2v) is 5.04.